The zero-order valence-electron chi connectivity index (χ0n) is 28.5. The fourth-order valence-electron chi connectivity index (χ4n) is 4.99. The van der Waals surface area contributed by atoms with Gasteiger partial charge in [-0.3, -0.25) is 0 Å². The molecular weight excluding hydrogens is 725 g/mol. The molecule has 4 aromatic carbocycles. The van der Waals surface area contributed by atoms with Crippen LogP contribution in [0.5, 0.6) is 0 Å². The van der Waals surface area contributed by atoms with Crippen LogP contribution in [0.25, 0.3) is 0 Å². The number of rotatable bonds is 11. The molecular formula is C32H36N6O8S4. The molecule has 2 unspecified atom stereocenters. The highest BCUT2D eigenvalue weighted by atomic mass is 32.3. The van der Waals surface area contributed by atoms with E-state index in [0.717, 1.165) is 22.7 Å². The maximum absolute atomic E-state index is 13.4. The van der Waals surface area contributed by atoms with E-state index >= 15 is 0 Å². The Labute approximate surface area is 296 Å². The summed E-state index contributed by atoms with van der Waals surface area (Å²) in [6.07, 6.45) is 0. The SMILES string of the molecule is CN(C)c1ccc2c(c1)S(OS(=O)(=O)OOS(=O)(=O)OS1=c3cc(N(C)C)ccc3=Nc3ccc(N(C)C)cc31)=c1cc(N(C)C)ccc1=N2. The Morgan fingerprint density at radius 3 is 1.14 bits per heavy atom. The van der Waals surface area contributed by atoms with Crippen molar-refractivity contribution in [2.75, 3.05) is 76.0 Å². The summed E-state index contributed by atoms with van der Waals surface area (Å²) < 4.78 is 74.8. The van der Waals surface area contributed by atoms with Gasteiger partial charge in [0.25, 0.3) is 0 Å². The van der Waals surface area contributed by atoms with Gasteiger partial charge in [-0.25, -0.2) is 9.98 Å². The van der Waals surface area contributed by atoms with Crippen molar-refractivity contribution in [1.82, 2.24) is 0 Å². The van der Waals surface area contributed by atoms with Crippen LogP contribution in [0, 0.1) is 9.02 Å². The summed E-state index contributed by atoms with van der Waals surface area (Å²) in [7, 11) is 1.26. The summed E-state index contributed by atoms with van der Waals surface area (Å²) in [6, 6.07) is 21.5. The van der Waals surface area contributed by atoms with Crippen molar-refractivity contribution in [2.45, 2.75) is 9.79 Å². The highest BCUT2D eigenvalue weighted by Gasteiger charge is 2.29. The molecule has 0 radical (unpaired) electrons. The Hall–Kier alpha value is -3.88. The molecule has 2 atom stereocenters. The number of benzene rings is 4. The van der Waals surface area contributed by atoms with E-state index in [1.54, 1.807) is 48.5 Å². The number of hydrogen-bond donors (Lipinski definition) is 0. The molecule has 0 N–H and O–H groups in total. The maximum Gasteiger partial charge on any atom is 0.438 e. The first-order valence-electron chi connectivity index (χ1n) is 15.0. The van der Waals surface area contributed by atoms with Crippen molar-refractivity contribution in [3.63, 3.8) is 0 Å². The normalized spacial score (nSPS) is 16.2. The zero-order valence-corrected chi connectivity index (χ0v) is 31.8. The van der Waals surface area contributed by atoms with Gasteiger partial charge in [-0.15, -0.1) is 0 Å². The highest BCUT2D eigenvalue weighted by molar-refractivity contribution is 8.11. The number of hydrogen-bond acceptors (Lipinski definition) is 14. The largest absolute Gasteiger partial charge is 0.438 e. The van der Waals surface area contributed by atoms with Crippen LogP contribution in [0.1, 0.15) is 0 Å². The standard InChI is InChI=1S/C32H36N6O8S4/c1-35(2)21-9-13-25-29(17-21)47(30-18-22(36(3)4)10-14-26(30)33-25)45-49(39,40)43-44-50(41,42)46-48-31-19-23(37(5)6)11-15-27(31)34-28-16-12-24(38(7)8)20-32(28)48/h9-20H,1-8H3. The fourth-order valence-corrected chi connectivity index (χ4v) is 10.8. The van der Waals surface area contributed by atoms with Gasteiger partial charge in [0.2, 0.25) is 0 Å². The second-order valence-electron chi connectivity index (χ2n) is 12.0. The van der Waals surface area contributed by atoms with Crippen LogP contribution < -0.4 is 30.3 Å². The molecule has 0 saturated carbocycles. The first-order chi connectivity index (χ1) is 23.5. The van der Waals surface area contributed by atoms with E-state index in [1.807, 2.05) is 100 Å². The van der Waals surface area contributed by atoms with Crippen molar-refractivity contribution < 1.29 is 32.8 Å². The molecule has 2 aliphatic rings. The van der Waals surface area contributed by atoms with Crippen molar-refractivity contribution in [3.05, 3.63) is 92.5 Å². The monoisotopic (exact) mass is 760 g/mol. The Morgan fingerprint density at radius 2 is 0.800 bits per heavy atom. The predicted molar refractivity (Wildman–Crippen MR) is 196 cm³/mol. The average molecular weight is 761 g/mol. The van der Waals surface area contributed by atoms with Crippen LogP contribution >= 0.6 is 21.5 Å². The van der Waals surface area contributed by atoms with Gasteiger partial charge in [-0.05, 0) is 72.8 Å². The average Bonchev–Trinajstić information content (AvgIpc) is 3.06. The molecule has 6 rings (SSSR count). The molecule has 0 spiro atoms. The molecule has 14 nitrogen and oxygen atoms in total. The van der Waals surface area contributed by atoms with Crippen LogP contribution in [-0.4, -0.2) is 73.2 Å². The van der Waals surface area contributed by atoms with Gasteiger partial charge in [0.1, 0.15) is 0 Å². The third-order valence-electron chi connectivity index (χ3n) is 7.62. The van der Waals surface area contributed by atoms with Gasteiger partial charge in [0.05, 0.1) is 40.9 Å². The minimum absolute atomic E-state index is 0.458. The Bertz CT molecular complexity index is 2330. The van der Waals surface area contributed by atoms with Crippen LogP contribution in [0.2, 0.25) is 0 Å². The molecule has 0 saturated heterocycles. The van der Waals surface area contributed by atoms with Gasteiger partial charge >= 0.3 is 20.8 Å². The van der Waals surface area contributed by atoms with E-state index in [0.29, 0.717) is 40.9 Å². The molecule has 0 fully saturated rings. The van der Waals surface area contributed by atoms with E-state index < -0.39 is 42.3 Å². The first-order valence-corrected chi connectivity index (χ1v) is 19.9. The molecule has 0 amide bonds. The van der Waals surface area contributed by atoms with E-state index in [9.17, 15) is 16.8 Å². The second-order valence-corrected chi connectivity index (χ2v) is 17.9. The molecule has 18 heteroatoms. The maximum atomic E-state index is 13.4. The third-order valence-corrected chi connectivity index (χ3v) is 13.5. The lowest BCUT2D eigenvalue weighted by Crippen LogP contribution is -2.17. The minimum Gasteiger partial charge on any atom is -0.378 e. The molecule has 2 aliphatic heterocycles. The summed E-state index contributed by atoms with van der Waals surface area (Å²) in [4.78, 5) is 17.7. The van der Waals surface area contributed by atoms with Gasteiger partial charge in [-0.1, -0.05) is 8.67 Å². The molecule has 4 aromatic rings. The van der Waals surface area contributed by atoms with Crippen molar-refractivity contribution in [2.24, 2.45) is 9.98 Å². The van der Waals surface area contributed by atoms with E-state index in [-0.39, 0.29) is 0 Å². The summed E-state index contributed by atoms with van der Waals surface area (Å²) >= 11 is 0. The summed E-state index contributed by atoms with van der Waals surface area (Å²) in [5.74, 6) is 0. The number of anilines is 4. The Morgan fingerprint density at radius 1 is 0.480 bits per heavy atom. The van der Waals surface area contributed by atoms with Gasteiger partial charge in [-0.2, -0.15) is 24.1 Å². The van der Waals surface area contributed by atoms with E-state index in [2.05, 4.69) is 8.67 Å². The zero-order chi connectivity index (χ0) is 36.1. The lowest BCUT2D eigenvalue weighted by Gasteiger charge is -2.21. The van der Waals surface area contributed by atoms with Crippen molar-refractivity contribution in [1.29, 1.82) is 0 Å². The Balaban J connectivity index is 1.37. The van der Waals surface area contributed by atoms with Crippen LogP contribution in [0.3, 0.4) is 0 Å². The van der Waals surface area contributed by atoms with Crippen molar-refractivity contribution in [3.8, 4) is 0 Å². The number of fused-ring (bicyclic) bond motifs is 4. The van der Waals surface area contributed by atoms with Crippen LogP contribution in [-0.2, 0) is 36.7 Å². The van der Waals surface area contributed by atoms with Gasteiger partial charge in [0.15, 0.2) is 0 Å². The van der Waals surface area contributed by atoms with Crippen molar-refractivity contribution >= 4 is 76.5 Å². The molecule has 266 valence electrons. The van der Waals surface area contributed by atoms with Gasteiger partial charge in [0, 0.05) is 101 Å². The fraction of sp³-hybridized carbons (Fsp3) is 0.250. The van der Waals surface area contributed by atoms with E-state index in [4.69, 9.17) is 17.2 Å². The lowest BCUT2D eigenvalue weighted by molar-refractivity contribution is -0.101. The van der Waals surface area contributed by atoms with E-state index in [1.165, 1.54) is 0 Å². The summed E-state index contributed by atoms with van der Waals surface area (Å²) in [6.45, 7) is 0. The summed E-state index contributed by atoms with van der Waals surface area (Å²) in [5.41, 5.74) is 4.07. The minimum atomic E-state index is -5.13. The van der Waals surface area contributed by atoms with Gasteiger partial charge < -0.3 is 19.6 Å². The second kappa shape index (κ2) is 13.7. The highest BCUT2D eigenvalue weighted by Crippen LogP contribution is 2.45. The lowest BCUT2D eigenvalue weighted by atomic mass is 10.2. The summed E-state index contributed by atoms with van der Waals surface area (Å²) in [5, 5.41) is 0.984. The molecule has 0 bridgehead atoms. The Kier molecular flexibility index (Phi) is 9.83. The molecule has 0 aliphatic carbocycles. The molecule has 0 aromatic heterocycles. The van der Waals surface area contributed by atoms with Crippen LogP contribution in [0.15, 0.2) is 92.6 Å². The number of nitrogens with zero attached hydrogens (tertiary/aromatic N) is 6. The molecule has 50 heavy (non-hydrogen) atoms. The third kappa shape index (κ3) is 7.42. The quantitative estimate of drug-likeness (QED) is 0.119. The predicted octanol–water partition coefficient (Wildman–Crippen LogP) is 4.64. The molecule has 2 heterocycles. The van der Waals surface area contributed by atoms with Crippen LogP contribution in [0.4, 0.5) is 34.1 Å². The smallest absolute Gasteiger partial charge is 0.378 e. The first kappa shape index (κ1) is 35.9. The topological polar surface area (TPSA) is 143 Å².